The number of hydrogen-bond donors (Lipinski definition) is 2. The maximum absolute atomic E-state index is 10.8. The van der Waals surface area contributed by atoms with Gasteiger partial charge in [-0.1, -0.05) is 53.7 Å². The van der Waals surface area contributed by atoms with E-state index < -0.39 is 17.4 Å². The first-order chi connectivity index (χ1) is 16.1. The number of benzene rings is 2. The molecule has 0 radical (unpaired) electrons. The molecule has 2 N–H and O–H groups in total. The van der Waals surface area contributed by atoms with Gasteiger partial charge in [-0.05, 0) is 54.1 Å². The molecule has 1 aliphatic carbocycles. The summed E-state index contributed by atoms with van der Waals surface area (Å²) in [5.41, 5.74) is 5.47. The number of piperidine rings is 1. The van der Waals surface area contributed by atoms with Crippen LogP contribution in [-0.4, -0.2) is 53.0 Å². The number of likely N-dealkylation sites (tertiary alicyclic amines) is 1. The fourth-order valence-corrected chi connectivity index (χ4v) is 5.43. The van der Waals surface area contributed by atoms with Crippen LogP contribution in [0, 0.1) is 0 Å². The minimum atomic E-state index is -2.25. The summed E-state index contributed by atoms with van der Waals surface area (Å²) in [6.45, 7) is 3.01. The second kappa shape index (κ2) is 9.82. The summed E-state index contributed by atoms with van der Waals surface area (Å²) in [4.78, 5) is 2.40. The molecule has 1 saturated heterocycles. The number of aromatic nitrogens is 3. The van der Waals surface area contributed by atoms with Crippen LogP contribution in [0.4, 0.5) is 0 Å². The maximum Gasteiger partial charge on any atom is 0.105 e. The van der Waals surface area contributed by atoms with Crippen molar-refractivity contribution in [3.8, 4) is 0 Å². The van der Waals surface area contributed by atoms with E-state index in [4.69, 9.17) is 0 Å². The van der Waals surface area contributed by atoms with Crippen LogP contribution in [0.25, 0.3) is 0 Å². The lowest BCUT2D eigenvalue weighted by Crippen LogP contribution is -2.32. The predicted octanol–water partition coefficient (Wildman–Crippen LogP) is 2.05. The highest BCUT2D eigenvalue weighted by Gasteiger charge is 2.33. The molecule has 8 nitrogen and oxygen atoms in total. The van der Waals surface area contributed by atoms with Gasteiger partial charge < -0.3 is 9.66 Å². The predicted molar refractivity (Wildman–Crippen MR) is 124 cm³/mol. The number of fused-ring (bicyclic) bond motifs is 1. The molecular formula is C24H28N5O3S-. The summed E-state index contributed by atoms with van der Waals surface area (Å²) in [6.07, 6.45) is 4.24. The summed E-state index contributed by atoms with van der Waals surface area (Å²) in [5, 5.41) is 19.3. The molecule has 9 heteroatoms. The number of aliphatic hydroxyl groups excluding tert-OH is 1. The van der Waals surface area contributed by atoms with Crippen LogP contribution in [0.3, 0.4) is 0 Å². The highest BCUT2D eigenvalue weighted by Crippen LogP contribution is 2.34. The van der Waals surface area contributed by atoms with E-state index >= 15 is 0 Å². The molecule has 174 valence electrons. The molecule has 3 aromatic rings. The van der Waals surface area contributed by atoms with Crippen molar-refractivity contribution >= 4 is 11.3 Å². The second-order valence-electron chi connectivity index (χ2n) is 8.96. The number of aliphatic hydroxyl groups is 1. The Morgan fingerprint density at radius 1 is 1.15 bits per heavy atom. The zero-order valence-electron chi connectivity index (χ0n) is 18.3. The van der Waals surface area contributed by atoms with Crippen LogP contribution in [-0.2, 0) is 30.8 Å². The highest BCUT2D eigenvalue weighted by atomic mass is 32.2. The third-order valence-corrected chi connectivity index (χ3v) is 7.18. The van der Waals surface area contributed by atoms with E-state index in [0.717, 1.165) is 49.3 Å². The first-order valence-corrected chi connectivity index (χ1v) is 12.4. The van der Waals surface area contributed by atoms with Crippen molar-refractivity contribution in [3.05, 3.63) is 82.7 Å². The van der Waals surface area contributed by atoms with Crippen molar-refractivity contribution in [1.82, 2.24) is 24.6 Å². The lowest BCUT2D eigenvalue weighted by molar-refractivity contribution is 0.137. The number of hydrogen-bond acceptors (Lipinski definition) is 6. The van der Waals surface area contributed by atoms with Gasteiger partial charge in [0, 0.05) is 30.8 Å². The Labute approximate surface area is 196 Å². The van der Waals surface area contributed by atoms with Crippen molar-refractivity contribution in [3.63, 3.8) is 0 Å². The van der Waals surface area contributed by atoms with Gasteiger partial charge in [0.15, 0.2) is 0 Å². The van der Waals surface area contributed by atoms with Crippen LogP contribution in [0.15, 0.2) is 54.7 Å². The Morgan fingerprint density at radius 2 is 1.97 bits per heavy atom. The number of nitrogens with zero attached hydrogens (tertiary/aromatic N) is 4. The largest absolute Gasteiger partial charge is 0.760 e. The SMILES string of the molecule is O=S([O-])NCc1cccc(C2CCN(Cc3cn([C@H]4c5ccccc5C[C@@H]4O)nn3)CC2)c1. The van der Waals surface area contributed by atoms with Crippen molar-refractivity contribution in [2.75, 3.05) is 13.1 Å². The molecule has 1 aromatic heterocycles. The van der Waals surface area contributed by atoms with E-state index in [9.17, 15) is 13.9 Å². The van der Waals surface area contributed by atoms with Gasteiger partial charge in [-0.3, -0.25) is 9.11 Å². The average molecular weight is 467 g/mol. The van der Waals surface area contributed by atoms with Crippen LogP contribution in [0.5, 0.6) is 0 Å². The summed E-state index contributed by atoms with van der Waals surface area (Å²) in [6, 6.07) is 16.2. The van der Waals surface area contributed by atoms with Crippen molar-refractivity contribution in [2.45, 2.75) is 50.4 Å². The summed E-state index contributed by atoms with van der Waals surface area (Å²) in [5.74, 6) is 0.472. The Kier molecular flexibility index (Phi) is 6.66. The molecule has 1 fully saturated rings. The van der Waals surface area contributed by atoms with Gasteiger partial charge in [-0.2, -0.15) is 0 Å². The summed E-state index contributed by atoms with van der Waals surface area (Å²) >= 11 is -2.25. The van der Waals surface area contributed by atoms with E-state index in [1.807, 2.05) is 35.1 Å². The molecule has 1 aliphatic heterocycles. The third kappa shape index (κ3) is 5.07. The smallest absolute Gasteiger partial charge is 0.105 e. The molecule has 0 bridgehead atoms. The molecule has 33 heavy (non-hydrogen) atoms. The lowest BCUT2D eigenvalue weighted by atomic mass is 9.88. The van der Waals surface area contributed by atoms with Crippen molar-refractivity contribution in [1.29, 1.82) is 0 Å². The first kappa shape index (κ1) is 22.4. The Bertz CT molecular complexity index is 1130. The standard InChI is InChI=1S/C24H29N5O3S/c30-23-13-20-5-1-2-7-22(20)24(23)29-16-21(26-27-29)15-28-10-8-18(9-11-28)19-6-3-4-17(12-19)14-25-33(31)32/h1-7,12,16,18,23-25,30H,8-11,13-15H2,(H,31,32)/p-1/t23-,24-/m0/s1. The molecule has 0 amide bonds. The molecule has 5 rings (SSSR count). The summed E-state index contributed by atoms with van der Waals surface area (Å²) in [7, 11) is 0. The van der Waals surface area contributed by atoms with Crippen LogP contribution in [0.2, 0.25) is 0 Å². The first-order valence-electron chi connectivity index (χ1n) is 11.4. The fourth-order valence-electron chi connectivity index (χ4n) is 5.15. The van der Waals surface area contributed by atoms with Crippen molar-refractivity contribution < 1.29 is 13.9 Å². The van der Waals surface area contributed by atoms with E-state index in [2.05, 4.69) is 44.2 Å². The topological polar surface area (TPSA) is 106 Å². The van der Waals surface area contributed by atoms with Crippen LogP contribution < -0.4 is 4.72 Å². The monoisotopic (exact) mass is 466 g/mol. The van der Waals surface area contributed by atoms with Crippen LogP contribution in [0.1, 0.15) is 52.7 Å². The fraction of sp³-hybridized carbons (Fsp3) is 0.417. The molecule has 2 heterocycles. The van der Waals surface area contributed by atoms with E-state index in [-0.39, 0.29) is 6.04 Å². The molecule has 3 atom stereocenters. The van der Waals surface area contributed by atoms with E-state index in [1.165, 1.54) is 11.1 Å². The Hall–Kier alpha value is -2.43. The quantitative estimate of drug-likeness (QED) is 0.516. The number of nitrogens with one attached hydrogen (secondary N) is 1. The van der Waals surface area contributed by atoms with Crippen LogP contribution >= 0.6 is 0 Å². The zero-order chi connectivity index (χ0) is 22.8. The minimum absolute atomic E-state index is 0.172. The Morgan fingerprint density at radius 3 is 2.79 bits per heavy atom. The molecular weight excluding hydrogens is 438 g/mol. The minimum Gasteiger partial charge on any atom is -0.760 e. The molecule has 2 aliphatic rings. The normalized spacial score (nSPS) is 22.4. The van der Waals surface area contributed by atoms with Gasteiger partial charge >= 0.3 is 0 Å². The van der Waals surface area contributed by atoms with Gasteiger partial charge in [0.25, 0.3) is 0 Å². The molecule has 1 unspecified atom stereocenters. The van der Waals surface area contributed by atoms with Crippen molar-refractivity contribution in [2.24, 2.45) is 0 Å². The van der Waals surface area contributed by atoms with Gasteiger partial charge in [-0.15, -0.1) is 5.10 Å². The maximum atomic E-state index is 10.8. The average Bonchev–Trinajstić information content (AvgIpc) is 3.41. The lowest BCUT2D eigenvalue weighted by Gasteiger charge is -2.31. The number of rotatable bonds is 7. The molecule has 0 saturated carbocycles. The third-order valence-electron chi connectivity index (χ3n) is 6.80. The van der Waals surface area contributed by atoms with Gasteiger partial charge in [-0.25, -0.2) is 9.40 Å². The Balaban J connectivity index is 1.18. The zero-order valence-corrected chi connectivity index (χ0v) is 19.2. The van der Waals surface area contributed by atoms with E-state index in [1.54, 1.807) is 0 Å². The van der Waals surface area contributed by atoms with Gasteiger partial charge in [0.05, 0.1) is 18.0 Å². The second-order valence-corrected chi connectivity index (χ2v) is 9.71. The summed E-state index contributed by atoms with van der Waals surface area (Å²) < 4.78 is 25.8. The molecule has 0 spiro atoms. The van der Waals surface area contributed by atoms with Gasteiger partial charge in [0.2, 0.25) is 0 Å². The van der Waals surface area contributed by atoms with E-state index in [0.29, 0.717) is 18.9 Å². The highest BCUT2D eigenvalue weighted by molar-refractivity contribution is 7.77. The van der Waals surface area contributed by atoms with Gasteiger partial charge in [0.1, 0.15) is 6.04 Å². The molecule has 2 aromatic carbocycles.